The van der Waals surface area contributed by atoms with E-state index in [1.54, 1.807) is 24.5 Å². The summed E-state index contributed by atoms with van der Waals surface area (Å²) in [6.45, 7) is 5.90. The number of aromatic nitrogens is 2. The van der Waals surface area contributed by atoms with Crippen LogP contribution in [0.15, 0.2) is 34.6 Å². The highest BCUT2D eigenvalue weighted by molar-refractivity contribution is 7.80. The first-order valence-electron chi connectivity index (χ1n) is 6.73. The maximum absolute atomic E-state index is 5.69. The average molecular weight is 338 g/mol. The summed E-state index contributed by atoms with van der Waals surface area (Å²) in [5.74, 6) is 1.05. The van der Waals surface area contributed by atoms with E-state index in [4.69, 9.17) is 21.4 Å². The van der Waals surface area contributed by atoms with Crippen LogP contribution in [0.25, 0.3) is 10.8 Å². The number of hydrogen-bond donors (Lipinski definition) is 1. The minimum atomic E-state index is 0.435. The summed E-state index contributed by atoms with van der Waals surface area (Å²) in [5.41, 5.74) is 0. The van der Waals surface area contributed by atoms with Gasteiger partial charge in [-0.1, -0.05) is 12.1 Å². The predicted molar refractivity (Wildman–Crippen MR) is 90.7 cm³/mol. The summed E-state index contributed by atoms with van der Waals surface area (Å²) in [6.07, 6.45) is 1.75. The van der Waals surface area contributed by atoms with E-state index in [-0.39, 0.29) is 0 Å². The van der Waals surface area contributed by atoms with Gasteiger partial charge in [0.05, 0.1) is 18.0 Å². The van der Waals surface area contributed by atoms with Gasteiger partial charge in [-0.05, 0) is 23.7 Å². The Labute approximate surface area is 138 Å². The minimum Gasteiger partial charge on any atom is -0.418 e. The maximum atomic E-state index is 5.69. The molecule has 2 aromatic rings. The normalized spacial score (nSPS) is 10.4. The van der Waals surface area contributed by atoms with E-state index in [2.05, 4.69) is 22.1 Å². The standard InChI is InChI=1S/C14H18N4O2S2/c1-3-6-15-14(21)18(7-8-19-2)10-12-16-17-13(20-12)11-5-4-9-22-11/h3-5,9H,1,6-8,10H2,2H3,(H,15,21). The van der Waals surface area contributed by atoms with E-state index in [1.807, 2.05) is 22.4 Å². The number of hydrogen-bond acceptors (Lipinski definition) is 6. The summed E-state index contributed by atoms with van der Waals surface area (Å²) in [7, 11) is 1.65. The van der Waals surface area contributed by atoms with Crippen molar-refractivity contribution in [1.82, 2.24) is 20.4 Å². The van der Waals surface area contributed by atoms with Gasteiger partial charge in [-0.2, -0.15) is 0 Å². The van der Waals surface area contributed by atoms with Crippen molar-refractivity contribution >= 4 is 28.7 Å². The number of thiocarbonyl (C=S) groups is 1. The van der Waals surface area contributed by atoms with Crippen LogP contribution in [0.4, 0.5) is 0 Å². The van der Waals surface area contributed by atoms with Crippen molar-refractivity contribution in [2.75, 3.05) is 26.8 Å². The van der Waals surface area contributed by atoms with Crippen molar-refractivity contribution in [1.29, 1.82) is 0 Å². The molecule has 2 heterocycles. The highest BCUT2D eigenvalue weighted by Gasteiger charge is 2.15. The van der Waals surface area contributed by atoms with Crippen LogP contribution in [0.2, 0.25) is 0 Å². The lowest BCUT2D eigenvalue weighted by Gasteiger charge is -2.23. The number of ether oxygens (including phenoxy) is 1. The van der Waals surface area contributed by atoms with Crippen LogP contribution >= 0.6 is 23.6 Å². The second kappa shape index (κ2) is 8.62. The van der Waals surface area contributed by atoms with Gasteiger partial charge in [-0.3, -0.25) is 0 Å². The fourth-order valence-electron chi connectivity index (χ4n) is 1.71. The van der Waals surface area contributed by atoms with Gasteiger partial charge in [0.15, 0.2) is 5.11 Å². The fraction of sp³-hybridized carbons (Fsp3) is 0.357. The Balaban J connectivity index is 2.02. The van der Waals surface area contributed by atoms with Crippen molar-refractivity contribution in [2.24, 2.45) is 0 Å². The molecule has 0 saturated carbocycles. The summed E-state index contributed by atoms with van der Waals surface area (Å²) in [4.78, 5) is 2.88. The van der Waals surface area contributed by atoms with E-state index in [0.717, 1.165) is 4.88 Å². The Morgan fingerprint density at radius 1 is 1.59 bits per heavy atom. The topological polar surface area (TPSA) is 63.4 Å². The van der Waals surface area contributed by atoms with Gasteiger partial charge in [0.1, 0.15) is 0 Å². The zero-order chi connectivity index (χ0) is 15.8. The lowest BCUT2D eigenvalue weighted by Crippen LogP contribution is -2.41. The lowest BCUT2D eigenvalue weighted by molar-refractivity contribution is 0.170. The van der Waals surface area contributed by atoms with Gasteiger partial charge in [0.2, 0.25) is 5.89 Å². The van der Waals surface area contributed by atoms with Crippen molar-refractivity contribution in [3.05, 3.63) is 36.1 Å². The van der Waals surface area contributed by atoms with Crippen molar-refractivity contribution in [3.8, 4) is 10.8 Å². The summed E-state index contributed by atoms with van der Waals surface area (Å²) in [6, 6.07) is 3.89. The molecule has 8 heteroatoms. The molecule has 0 radical (unpaired) electrons. The van der Waals surface area contributed by atoms with Crippen LogP contribution in [-0.4, -0.2) is 47.0 Å². The first kappa shape index (κ1) is 16.6. The zero-order valence-corrected chi connectivity index (χ0v) is 14.0. The average Bonchev–Trinajstić information content (AvgIpc) is 3.19. The van der Waals surface area contributed by atoms with E-state index in [0.29, 0.717) is 43.1 Å². The third-order valence-electron chi connectivity index (χ3n) is 2.78. The molecule has 0 saturated heterocycles. The first-order chi connectivity index (χ1) is 10.7. The highest BCUT2D eigenvalue weighted by Crippen LogP contribution is 2.23. The highest BCUT2D eigenvalue weighted by atomic mass is 32.1. The number of methoxy groups -OCH3 is 1. The van der Waals surface area contributed by atoms with Crippen molar-refractivity contribution < 1.29 is 9.15 Å². The monoisotopic (exact) mass is 338 g/mol. The number of nitrogens with zero attached hydrogens (tertiary/aromatic N) is 3. The van der Waals surface area contributed by atoms with E-state index in [9.17, 15) is 0 Å². The second-order valence-electron chi connectivity index (χ2n) is 4.37. The maximum Gasteiger partial charge on any atom is 0.257 e. The fourth-order valence-corrected chi connectivity index (χ4v) is 2.59. The van der Waals surface area contributed by atoms with E-state index >= 15 is 0 Å². The molecule has 2 aromatic heterocycles. The summed E-state index contributed by atoms with van der Waals surface area (Å²) >= 11 is 6.92. The molecular formula is C14H18N4O2S2. The quantitative estimate of drug-likeness (QED) is 0.585. The molecule has 0 aliphatic rings. The summed E-state index contributed by atoms with van der Waals surface area (Å²) in [5, 5.41) is 13.8. The molecule has 0 bridgehead atoms. The van der Waals surface area contributed by atoms with Crippen LogP contribution in [0, 0.1) is 0 Å². The molecule has 0 fully saturated rings. The molecule has 6 nitrogen and oxygen atoms in total. The molecule has 0 amide bonds. The molecule has 118 valence electrons. The first-order valence-corrected chi connectivity index (χ1v) is 8.02. The third-order valence-corrected chi connectivity index (χ3v) is 4.04. The van der Waals surface area contributed by atoms with E-state index in [1.165, 1.54) is 0 Å². The molecule has 0 aliphatic carbocycles. The number of nitrogens with one attached hydrogen (secondary N) is 1. The Hall–Kier alpha value is -1.77. The molecule has 0 aromatic carbocycles. The van der Waals surface area contributed by atoms with Gasteiger partial charge >= 0.3 is 0 Å². The van der Waals surface area contributed by atoms with Gasteiger partial charge in [0, 0.05) is 20.2 Å². The molecule has 1 N–H and O–H groups in total. The molecule has 0 atom stereocenters. The largest absolute Gasteiger partial charge is 0.418 e. The molecule has 22 heavy (non-hydrogen) atoms. The van der Waals surface area contributed by atoms with Crippen LogP contribution in [0.3, 0.4) is 0 Å². The smallest absolute Gasteiger partial charge is 0.257 e. The Morgan fingerprint density at radius 3 is 3.14 bits per heavy atom. The SMILES string of the molecule is C=CCNC(=S)N(CCOC)Cc1nnc(-c2cccs2)o1. The zero-order valence-electron chi connectivity index (χ0n) is 12.3. The molecule has 0 aliphatic heterocycles. The third kappa shape index (κ3) is 4.62. The number of rotatable bonds is 8. The lowest BCUT2D eigenvalue weighted by atomic mass is 10.5. The van der Waals surface area contributed by atoms with Crippen LogP contribution in [-0.2, 0) is 11.3 Å². The summed E-state index contributed by atoms with van der Waals surface area (Å²) < 4.78 is 10.8. The second-order valence-corrected chi connectivity index (χ2v) is 5.70. The van der Waals surface area contributed by atoms with Crippen molar-refractivity contribution in [3.63, 3.8) is 0 Å². The van der Waals surface area contributed by atoms with Crippen LogP contribution in [0.1, 0.15) is 5.89 Å². The van der Waals surface area contributed by atoms with Gasteiger partial charge in [0.25, 0.3) is 5.89 Å². The Bertz CT molecular complexity index is 598. The minimum absolute atomic E-state index is 0.435. The van der Waals surface area contributed by atoms with Gasteiger partial charge in [-0.25, -0.2) is 0 Å². The Morgan fingerprint density at radius 2 is 2.45 bits per heavy atom. The molecule has 0 unspecified atom stereocenters. The Kier molecular flexibility index (Phi) is 6.50. The van der Waals surface area contributed by atoms with Crippen molar-refractivity contribution in [2.45, 2.75) is 6.54 Å². The predicted octanol–water partition coefficient (Wildman–Crippen LogP) is 2.31. The van der Waals surface area contributed by atoms with Gasteiger partial charge in [-0.15, -0.1) is 28.1 Å². The number of thiophene rings is 1. The van der Waals surface area contributed by atoms with E-state index < -0.39 is 0 Å². The molecule has 0 spiro atoms. The van der Waals surface area contributed by atoms with Crippen LogP contribution in [0.5, 0.6) is 0 Å². The molecule has 2 rings (SSSR count). The van der Waals surface area contributed by atoms with Gasteiger partial charge < -0.3 is 19.4 Å². The van der Waals surface area contributed by atoms with Crippen LogP contribution < -0.4 is 5.32 Å². The molecular weight excluding hydrogens is 320 g/mol.